The summed E-state index contributed by atoms with van der Waals surface area (Å²) in [6, 6.07) is 9.57. The standard InChI is InChI=1S/C16H20N4O/c1-20(2)15-7-8-18-11-14(15)19-16(21)9-12-5-3-4-6-13(12)10-17/h3-8,11H,9-10,17H2,1-2H3,(H,19,21). The average Bonchev–Trinajstić information content (AvgIpc) is 2.48. The summed E-state index contributed by atoms with van der Waals surface area (Å²) in [5.41, 5.74) is 9.27. The Morgan fingerprint density at radius 3 is 2.62 bits per heavy atom. The van der Waals surface area contributed by atoms with Crippen molar-refractivity contribution in [3.05, 3.63) is 53.9 Å². The van der Waals surface area contributed by atoms with Crippen LogP contribution in [0.5, 0.6) is 0 Å². The number of nitrogens with zero attached hydrogens (tertiary/aromatic N) is 2. The van der Waals surface area contributed by atoms with Crippen LogP contribution in [0.25, 0.3) is 0 Å². The fourth-order valence-corrected chi connectivity index (χ4v) is 2.17. The van der Waals surface area contributed by atoms with Crippen LogP contribution in [0.15, 0.2) is 42.7 Å². The van der Waals surface area contributed by atoms with E-state index < -0.39 is 0 Å². The molecule has 0 radical (unpaired) electrons. The molecular weight excluding hydrogens is 264 g/mol. The summed E-state index contributed by atoms with van der Waals surface area (Å²) in [7, 11) is 3.85. The molecule has 0 aliphatic heterocycles. The third-order valence-electron chi connectivity index (χ3n) is 3.24. The van der Waals surface area contributed by atoms with Crippen molar-refractivity contribution in [2.45, 2.75) is 13.0 Å². The highest BCUT2D eigenvalue weighted by Gasteiger charge is 2.10. The zero-order chi connectivity index (χ0) is 15.2. The van der Waals surface area contributed by atoms with Crippen LogP contribution >= 0.6 is 0 Å². The highest BCUT2D eigenvalue weighted by molar-refractivity contribution is 5.95. The number of aromatic nitrogens is 1. The molecule has 1 aromatic carbocycles. The Bertz CT molecular complexity index is 625. The minimum atomic E-state index is -0.0769. The first-order valence-electron chi connectivity index (χ1n) is 6.80. The number of carbonyl (C=O) groups excluding carboxylic acids is 1. The third-order valence-corrected chi connectivity index (χ3v) is 3.24. The maximum Gasteiger partial charge on any atom is 0.228 e. The first kappa shape index (κ1) is 15.0. The Balaban J connectivity index is 2.12. The SMILES string of the molecule is CN(C)c1ccncc1NC(=O)Cc1ccccc1CN. The highest BCUT2D eigenvalue weighted by Crippen LogP contribution is 2.22. The van der Waals surface area contributed by atoms with Crippen molar-refractivity contribution < 1.29 is 4.79 Å². The molecule has 0 fully saturated rings. The van der Waals surface area contributed by atoms with Crippen LogP contribution in [0.3, 0.4) is 0 Å². The number of pyridine rings is 1. The van der Waals surface area contributed by atoms with E-state index in [2.05, 4.69) is 10.3 Å². The fraction of sp³-hybridized carbons (Fsp3) is 0.250. The molecule has 110 valence electrons. The quantitative estimate of drug-likeness (QED) is 0.878. The van der Waals surface area contributed by atoms with E-state index in [1.807, 2.05) is 49.3 Å². The third kappa shape index (κ3) is 3.79. The van der Waals surface area contributed by atoms with Gasteiger partial charge in [0.15, 0.2) is 0 Å². The van der Waals surface area contributed by atoms with Crippen molar-refractivity contribution in [3.63, 3.8) is 0 Å². The predicted molar refractivity (Wildman–Crippen MR) is 85.2 cm³/mol. The predicted octanol–water partition coefficient (Wildman–Crippen LogP) is 1.79. The Kier molecular flexibility index (Phi) is 4.90. The van der Waals surface area contributed by atoms with Gasteiger partial charge in [-0.05, 0) is 17.2 Å². The minimum Gasteiger partial charge on any atom is -0.376 e. The second-order valence-electron chi connectivity index (χ2n) is 4.99. The molecule has 0 aliphatic rings. The monoisotopic (exact) mass is 284 g/mol. The van der Waals surface area contributed by atoms with Crippen LogP contribution in [0.4, 0.5) is 11.4 Å². The molecule has 0 atom stereocenters. The first-order valence-corrected chi connectivity index (χ1v) is 6.80. The lowest BCUT2D eigenvalue weighted by Gasteiger charge is -2.17. The Morgan fingerprint density at radius 2 is 1.95 bits per heavy atom. The lowest BCUT2D eigenvalue weighted by Crippen LogP contribution is -2.19. The Morgan fingerprint density at radius 1 is 1.24 bits per heavy atom. The van der Waals surface area contributed by atoms with Crippen molar-refractivity contribution in [3.8, 4) is 0 Å². The number of rotatable bonds is 5. The second-order valence-corrected chi connectivity index (χ2v) is 4.99. The Labute approximate surface area is 124 Å². The number of hydrogen-bond acceptors (Lipinski definition) is 4. The van der Waals surface area contributed by atoms with E-state index in [4.69, 9.17) is 5.73 Å². The van der Waals surface area contributed by atoms with Gasteiger partial charge in [-0.2, -0.15) is 0 Å². The van der Waals surface area contributed by atoms with Gasteiger partial charge < -0.3 is 16.0 Å². The largest absolute Gasteiger partial charge is 0.376 e. The van der Waals surface area contributed by atoms with E-state index in [0.29, 0.717) is 18.7 Å². The maximum atomic E-state index is 12.2. The summed E-state index contributed by atoms with van der Waals surface area (Å²) < 4.78 is 0. The molecule has 0 saturated carbocycles. The van der Waals surface area contributed by atoms with Gasteiger partial charge in [-0.25, -0.2) is 0 Å². The van der Waals surface area contributed by atoms with Gasteiger partial charge in [0.1, 0.15) is 0 Å². The molecule has 5 nitrogen and oxygen atoms in total. The minimum absolute atomic E-state index is 0.0769. The molecule has 0 saturated heterocycles. The molecule has 1 heterocycles. The summed E-state index contributed by atoms with van der Waals surface area (Å²) in [6.45, 7) is 0.430. The molecule has 0 spiro atoms. The molecule has 0 bridgehead atoms. The normalized spacial score (nSPS) is 10.2. The second kappa shape index (κ2) is 6.85. The molecule has 3 N–H and O–H groups in total. The van der Waals surface area contributed by atoms with Gasteiger partial charge >= 0.3 is 0 Å². The van der Waals surface area contributed by atoms with Crippen LogP contribution in [0, 0.1) is 0 Å². The van der Waals surface area contributed by atoms with Crippen molar-refractivity contribution in [2.24, 2.45) is 5.73 Å². The zero-order valence-corrected chi connectivity index (χ0v) is 12.3. The van der Waals surface area contributed by atoms with Gasteiger partial charge in [0.05, 0.1) is 24.0 Å². The molecule has 1 amide bonds. The summed E-state index contributed by atoms with van der Waals surface area (Å²) >= 11 is 0. The summed E-state index contributed by atoms with van der Waals surface area (Å²) in [6.07, 6.45) is 3.66. The van der Waals surface area contributed by atoms with Crippen LogP contribution in [-0.2, 0) is 17.8 Å². The number of nitrogens with two attached hydrogens (primary N) is 1. The molecular formula is C16H20N4O. The van der Waals surface area contributed by atoms with Crippen LogP contribution < -0.4 is 16.0 Å². The van der Waals surface area contributed by atoms with Gasteiger partial charge in [-0.1, -0.05) is 24.3 Å². The molecule has 0 aliphatic carbocycles. The lowest BCUT2D eigenvalue weighted by molar-refractivity contribution is -0.115. The first-order chi connectivity index (χ1) is 10.1. The number of anilines is 2. The van der Waals surface area contributed by atoms with Gasteiger partial charge in [0, 0.05) is 26.8 Å². The summed E-state index contributed by atoms with van der Waals surface area (Å²) in [5, 5.41) is 2.91. The van der Waals surface area contributed by atoms with Gasteiger partial charge in [-0.15, -0.1) is 0 Å². The number of carbonyl (C=O) groups is 1. The van der Waals surface area contributed by atoms with E-state index in [-0.39, 0.29) is 5.91 Å². The number of hydrogen-bond donors (Lipinski definition) is 2. The maximum absolute atomic E-state index is 12.2. The van der Waals surface area contributed by atoms with E-state index in [1.54, 1.807) is 12.4 Å². The van der Waals surface area contributed by atoms with E-state index in [0.717, 1.165) is 16.8 Å². The molecule has 0 unspecified atom stereocenters. The van der Waals surface area contributed by atoms with Crippen molar-refractivity contribution in [1.29, 1.82) is 0 Å². The van der Waals surface area contributed by atoms with E-state index >= 15 is 0 Å². The Hall–Kier alpha value is -2.40. The fourth-order valence-electron chi connectivity index (χ4n) is 2.17. The molecule has 1 aromatic heterocycles. The van der Waals surface area contributed by atoms with E-state index in [9.17, 15) is 4.79 Å². The molecule has 5 heteroatoms. The van der Waals surface area contributed by atoms with Gasteiger partial charge in [-0.3, -0.25) is 9.78 Å². The number of amides is 1. The number of nitrogens with one attached hydrogen (secondary N) is 1. The van der Waals surface area contributed by atoms with Gasteiger partial charge in [0.2, 0.25) is 5.91 Å². The van der Waals surface area contributed by atoms with Crippen LogP contribution in [-0.4, -0.2) is 25.0 Å². The zero-order valence-electron chi connectivity index (χ0n) is 12.3. The summed E-state index contributed by atoms with van der Waals surface area (Å²) in [5.74, 6) is -0.0769. The highest BCUT2D eigenvalue weighted by atomic mass is 16.1. The molecule has 2 rings (SSSR count). The smallest absolute Gasteiger partial charge is 0.228 e. The lowest BCUT2D eigenvalue weighted by atomic mass is 10.0. The summed E-state index contributed by atoms with van der Waals surface area (Å²) in [4.78, 5) is 18.2. The topological polar surface area (TPSA) is 71.2 Å². The van der Waals surface area contributed by atoms with Crippen LogP contribution in [0.2, 0.25) is 0 Å². The molecule has 2 aromatic rings. The number of benzene rings is 1. The van der Waals surface area contributed by atoms with Crippen molar-refractivity contribution in [2.75, 3.05) is 24.3 Å². The van der Waals surface area contributed by atoms with Crippen LogP contribution in [0.1, 0.15) is 11.1 Å². The van der Waals surface area contributed by atoms with E-state index in [1.165, 1.54) is 0 Å². The molecule has 21 heavy (non-hydrogen) atoms. The van der Waals surface area contributed by atoms with Gasteiger partial charge in [0.25, 0.3) is 0 Å². The average molecular weight is 284 g/mol. The van der Waals surface area contributed by atoms with Crippen molar-refractivity contribution >= 4 is 17.3 Å². The van der Waals surface area contributed by atoms with Crippen molar-refractivity contribution in [1.82, 2.24) is 4.98 Å².